The number of ether oxygens (including phenoxy) is 2. The van der Waals surface area contributed by atoms with Crippen molar-refractivity contribution in [2.24, 2.45) is 0 Å². The van der Waals surface area contributed by atoms with Crippen LogP contribution in [0.5, 0.6) is 11.5 Å². The average Bonchev–Trinajstić information content (AvgIpc) is 3.46. The van der Waals surface area contributed by atoms with E-state index in [2.05, 4.69) is 22.0 Å². The van der Waals surface area contributed by atoms with Crippen molar-refractivity contribution in [2.75, 3.05) is 37.7 Å². The number of sulfonamides is 1. The standard InChI is InChI=1S/C21H25N3O4S/c25-29(26,23-9-1-2-10-23)17-6-8-21(22-15-17)24-11-3-4-18(24)16-5-7-19-20(14-16)28-13-12-27-19/h5-8,14-15,18H,1-4,9-13H2/p+1/t18-/m1/s1. The van der Waals surface area contributed by atoms with Gasteiger partial charge in [-0.05, 0) is 43.9 Å². The lowest BCUT2D eigenvalue weighted by Crippen LogP contribution is -2.31. The molecule has 2 aromatic rings. The normalized spacial score (nSPS) is 22.2. The van der Waals surface area contributed by atoms with E-state index in [1.54, 1.807) is 16.6 Å². The third-order valence-corrected chi connectivity index (χ3v) is 7.88. The summed E-state index contributed by atoms with van der Waals surface area (Å²) in [5, 5.41) is 0. The zero-order chi connectivity index (χ0) is 19.8. The second-order valence-electron chi connectivity index (χ2n) is 7.78. The molecule has 8 heteroatoms. The molecular weight excluding hydrogens is 390 g/mol. The fourth-order valence-corrected chi connectivity index (χ4v) is 5.97. The summed E-state index contributed by atoms with van der Waals surface area (Å²) in [7, 11) is -3.40. The molecule has 0 unspecified atom stereocenters. The van der Waals surface area contributed by atoms with Crippen LogP contribution in [0.2, 0.25) is 0 Å². The number of benzene rings is 1. The first-order chi connectivity index (χ1) is 14.1. The fourth-order valence-electron chi connectivity index (χ4n) is 4.49. The molecule has 2 saturated heterocycles. The highest BCUT2D eigenvalue weighted by Crippen LogP contribution is 2.39. The van der Waals surface area contributed by atoms with Crippen molar-refractivity contribution in [3.05, 3.63) is 42.1 Å². The van der Waals surface area contributed by atoms with Gasteiger partial charge >= 0.3 is 0 Å². The van der Waals surface area contributed by atoms with Gasteiger partial charge in [0.15, 0.2) is 11.5 Å². The van der Waals surface area contributed by atoms with E-state index < -0.39 is 10.0 Å². The molecule has 4 heterocycles. The SMILES string of the molecule is O=S(=O)(c1ccc(N2CCC[C@@H]2c2ccc3c(c2)OCCO3)[nH+]c1)N1CCCC1. The molecule has 1 N–H and O–H groups in total. The van der Waals surface area contributed by atoms with Gasteiger partial charge in [0.1, 0.15) is 30.3 Å². The minimum absolute atomic E-state index is 0.225. The summed E-state index contributed by atoms with van der Waals surface area (Å²) < 4.78 is 38.5. The van der Waals surface area contributed by atoms with Crippen LogP contribution in [0.1, 0.15) is 37.3 Å². The number of rotatable bonds is 4. The summed E-state index contributed by atoms with van der Waals surface area (Å²) in [6.07, 6.45) is 5.63. The second kappa shape index (κ2) is 7.50. The summed E-state index contributed by atoms with van der Waals surface area (Å²) >= 11 is 0. The third kappa shape index (κ3) is 3.44. The van der Waals surface area contributed by atoms with Gasteiger partial charge in [-0.2, -0.15) is 4.31 Å². The number of H-pyrrole nitrogens is 1. The molecule has 29 heavy (non-hydrogen) atoms. The lowest BCUT2D eigenvalue weighted by atomic mass is 10.0. The lowest BCUT2D eigenvalue weighted by Gasteiger charge is -2.23. The largest absolute Gasteiger partial charge is 0.486 e. The Morgan fingerprint density at radius 1 is 0.931 bits per heavy atom. The van der Waals surface area contributed by atoms with Gasteiger partial charge in [-0.15, -0.1) is 0 Å². The Morgan fingerprint density at radius 3 is 2.48 bits per heavy atom. The molecule has 0 spiro atoms. The molecule has 1 aromatic carbocycles. The minimum Gasteiger partial charge on any atom is -0.486 e. The number of pyridine rings is 1. The molecule has 1 aromatic heterocycles. The molecule has 5 rings (SSSR count). The molecule has 0 radical (unpaired) electrons. The predicted octanol–water partition coefficient (Wildman–Crippen LogP) is 2.40. The Bertz CT molecular complexity index is 987. The quantitative estimate of drug-likeness (QED) is 0.765. The maximum Gasteiger partial charge on any atom is 0.274 e. The van der Waals surface area contributed by atoms with Crippen LogP contribution in [-0.2, 0) is 10.0 Å². The van der Waals surface area contributed by atoms with Gasteiger partial charge in [0.25, 0.3) is 5.82 Å². The highest BCUT2D eigenvalue weighted by molar-refractivity contribution is 7.89. The number of hydrogen-bond acceptors (Lipinski definition) is 5. The van der Waals surface area contributed by atoms with Crippen molar-refractivity contribution in [3.63, 3.8) is 0 Å². The van der Waals surface area contributed by atoms with Gasteiger partial charge in [0, 0.05) is 24.7 Å². The predicted molar refractivity (Wildman–Crippen MR) is 108 cm³/mol. The molecule has 0 bridgehead atoms. The van der Waals surface area contributed by atoms with Crippen molar-refractivity contribution in [2.45, 2.75) is 36.6 Å². The summed E-state index contributed by atoms with van der Waals surface area (Å²) in [6.45, 7) is 3.31. The van der Waals surface area contributed by atoms with Crippen molar-refractivity contribution in [3.8, 4) is 11.5 Å². The Kier molecular flexibility index (Phi) is 4.83. The first kappa shape index (κ1) is 18.7. The monoisotopic (exact) mass is 416 g/mol. The molecule has 154 valence electrons. The number of fused-ring (bicyclic) bond motifs is 1. The number of nitrogens with one attached hydrogen (secondary N) is 1. The molecule has 0 saturated carbocycles. The van der Waals surface area contributed by atoms with Crippen LogP contribution in [0.15, 0.2) is 41.4 Å². The zero-order valence-corrected chi connectivity index (χ0v) is 17.2. The summed E-state index contributed by atoms with van der Waals surface area (Å²) in [5.74, 6) is 2.53. The zero-order valence-electron chi connectivity index (χ0n) is 16.3. The molecule has 0 amide bonds. The first-order valence-corrected chi connectivity index (χ1v) is 11.7. The Labute approximate surface area is 171 Å². The average molecular weight is 417 g/mol. The van der Waals surface area contributed by atoms with Gasteiger partial charge in [0.2, 0.25) is 10.0 Å². The van der Waals surface area contributed by atoms with Gasteiger partial charge in [-0.3, -0.25) is 4.90 Å². The van der Waals surface area contributed by atoms with E-state index in [0.29, 0.717) is 31.2 Å². The molecular formula is C21H26N3O4S+. The maximum atomic E-state index is 12.8. The number of nitrogens with zero attached hydrogens (tertiary/aromatic N) is 2. The molecule has 3 aliphatic rings. The highest BCUT2D eigenvalue weighted by Gasteiger charge is 2.35. The molecule has 7 nitrogen and oxygen atoms in total. The summed E-state index contributed by atoms with van der Waals surface area (Å²) in [4.78, 5) is 5.87. The van der Waals surface area contributed by atoms with E-state index in [-0.39, 0.29) is 6.04 Å². The molecule has 2 fully saturated rings. The van der Waals surface area contributed by atoms with E-state index in [1.807, 2.05) is 12.1 Å². The van der Waals surface area contributed by atoms with E-state index in [0.717, 1.165) is 49.5 Å². The van der Waals surface area contributed by atoms with Gasteiger partial charge in [0.05, 0.1) is 6.54 Å². The van der Waals surface area contributed by atoms with Crippen LogP contribution in [0.3, 0.4) is 0 Å². The topological polar surface area (TPSA) is 73.2 Å². The van der Waals surface area contributed by atoms with Crippen LogP contribution in [-0.4, -0.2) is 45.6 Å². The van der Waals surface area contributed by atoms with Crippen LogP contribution < -0.4 is 19.4 Å². The number of hydrogen-bond donors (Lipinski definition) is 0. The van der Waals surface area contributed by atoms with Crippen molar-refractivity contribution in [1.82, 2.24) is 4.31 Å². The molecule has 0 aliphatic carbocycles. The minimum atomic E-state index is -3.40. The van der Waals surface area contributed by atoms with Crippen LogP contribution in [0, 0.1) is 0 Å². The number of anilines is 1. The highest BCUT2D eigenvalue weighted by atomic mass is 32.2. The van der Waals surface area contributed by atoms with Crippen LogP contribution in [0.4, 0.5) is 5.82 Å². The van der Waals surface area contributed by atoms with Crippen molar-refractivity contribution in [1.29, 1.82) is 0 Å². The summed E-state index contributed by atoms with van der Waals surface area (Å²) in [6, 6.07) is 9.99. The molecule has 3 aliphatic heterocycles. The Balaban J connectivity index is 1.39. The van der Waals surface area contributed by atoms with Crippen molar-refractivity contribution < 1.29 is 22.9 Å². The summed E-state index contributed by atoms with van der Waals surface area (Å²) in [5.41, 5.74) is 1.19. The van der Waals surface area contributed by atoms with Gasteiger partial charge in [-0.25, -0.2) is 13.4 Å². The smallest absolute Gasteiger partial charge is 0.274 e. The maximum absolute atomic E-state index is 12.8. The van der Waals surface area contributed by atoms with E-state index in [9.17, 15) is 8.42 Å². The number of aromatic nitrogens is 1. The van der Waals surface area contributed by atoms with Crippen molar-refractivity contribution >= 4 is 15.8 Å². The van der Waals surface area contributed by atoms with E-state index >= 15 is 0 Å². The first-order valence-electron chi connectivity index (χ1n) is 10.3. The van der Waals surface area contributed by atoms with Gasteiger partial charge < -0.3 is 9.47 Å². The number of aromatic amines is 1. The third-order valence-electron chi connectivity index (χ3n) is 5.98. The Morgan fingerprint density at radius 2 is 1.72 bits per heavy atom. The Hall–Kier alpha value is -2.32. The van der Waals surface area contributed by atoms with E-state index in [4.69, 9.17) is 9.47 Å². The lowest BCUT2D eigenvalue weighted by molar-refractivity contribution is -0.367. The van der Waals surface area contributed by atoms with Crippen LogP contribution >= 0.6 is 0 Å². The molecule has 1 atom stereocenters. The van der Waals surface area contributed by atoms with E-state index in [1.165, 1.54) is 5.56 Å². The fraction of sp³-hybridized carbons (Fsp3) is 0.476. The second-order valence-corrected chi connectivity index (χ2v) is 9.71. The van der Waals surface area contributed by atoms with Crippen LogP contribution in [0.25, 0.3) is 0 Å². The van der Waals surface area contributed by atoms with Gasteiger partial charge in [-0.1, -0.05) is 6.07 Å².